The standard InChI is InChI=1S/C17H21N5O3S/c1-13(2)17-20-19-16(25-17)12-21-7-9-22(10-8-21)26(23,24)15-6-4-3-5-14(15)11-18/h3-6,13H,7-10,12H2,1-2H3. The van der Waals surface area contributed by atoms with E-state index in [-0.39, 0.29) is 16.4 Å². The van der Waals surface area contributed by atoms with E-state index in [9.17, 15) is 8.42 Å². The summed E-state index contributed by atoms with van der Waals surface area (Å²) in [5, 5.41) is 17.2. The Bertz CT molecular complexity index is 908. The third kappa shape index (κ3) is 3.77. The Balaban J connectivity index is 1.65. The van der Waals surface area contributed by atoms with E-state index in [2.05, 4.69) is 15.1 Å². The summed E-state index contributed by atoms with van der Waals surface area (Å²) < 4.78 is 32.7. The van der Waals surface area contributed by atoms with E-state index in [1.165, 1.54) is 16.4 Å². The van der Waals surface area contributed by atoms with Gasteiger partial charge in [-0.15, -0.1) is 10.2 Å². The first-order valence-corrected chi connectivity index (χ1v) is 9.89. The fraction of sp³-hybridized carbons (Fsp3) is 0.471. The molecule has 2 aromatic rings. The monoisotopic (exact) mass is 375 g/mol. The second-order valence-corrected chi connectivity index (χ2v) is 8.38. The minimum absolute atomic E-state index is 0.0643. The van der Waals surface area contributed by atoms with Crippen LogP contribution < -0.4 is 0 Å². The van der Waals surface area contributed by atoms with E-state index in [4.69, 9.17) is 9.68 Å². The SMILES string of the molecule is CC(C)c1nnc(CN2CCN(S(=O)(=O)c3ccccc3C#N)CC2)o1. The molecule has 3 rings (SSSR count). The summed E-state index contributed by atoms with van der Waals surface area (Å²) >= 11 is 0. The predicted octanol–water partition coefficient (Wildman–Crippen LogP) is 1.57. The van der Waals surface area contributed by atoms with Crippen molar-refractivity contribution in [2.24, 2.45) is 0 Å². The van der Waals surface area contributed by atoms with Crippen LogP contribution in [0, 0.1) is 11.3 Å². The number of aromatic nitrogens is 2. The number of nitriles is 1. The first-order chi connectivity index (χ1) is 12.4. The van der Waals surface area contributed by atoms with Crippen LogP contribution in [-0.4, -0.2) is 54.0 Å². The van der Waals surface area contributed by atoms with E-state index < -0.39 is 10.0 Å². The Hall–Kier alpha value is -2.28. The molecule has 1 fully saturated rings. The van der Waals surface area contributed by atoms with Crippen molar-refractivity contribution in [2.45, 2.75) is 31.2 Å². The zero-order valence-electron chi connectivity index (χ0n) is 14.8. The van der Waals surface area contributed by atoms with Crippen LogP contribution in [0.5, 0.6) is 0 Å². The fourth-order valence-electron chi connectivity index (χ4n) is 2.81. The van der Waals surface area contributed by atoms with Gasteiger partial charge >= 0.3 is 0 Å². The molecule has 1 aromatic carbocycles. The van der Waals surface area contributed by atoms with Gasteiger partial charge in [0.25, 0.3) is 0 Å². The van der Waals surface area contributed by atoms with Crippen LogP contribution in [0.15, 0.2) is 33.6 Å². The lowest BCUT2D eigenvalue weighted by Gasteiger charge is -2.33. The molecule has 0 saturated carbocycles. The zero-order chi connectivity index (χ0) is 18.7. The number of rotatable bonds is 5. The van der Waals surface area contributed by atoms with Gasteiger partial charge in [0.05, 0.1) is 17.0 Å². The average molecular weight is 375 g/mol. The van der Waals surface area contributed by atoms with Crippen LogP contribution in [0.2, 0.25) is 0 Å². The average Bonchev–Trinajstić information content (AvgIpc) is 3.11. The third-order valence-electron chi connectivity index (χ3n) is 4.29. The predicted molar refractivity (Wildman–Crippen MR) is 93.6 cm³/mol. The number of hydrogen-bond donors (Lipinski definition) is 0. The molecule has 26 heavy (non-hydrogen) atoms. The zero-order valence-corrected chi connectivity index (χ0v) is 15.6. The molecule has 8 nitrogen and oxygen atoms in total. The Morgan fingerprint density at radius 1 is 1.19 bits per heavy atom. The lowest BCUT2D eigenvalue weighted by atomic mass is 10.2. The Labute approximate surface area is 153 Å². The Morgan fingerprint density at radius 2 is 1.88 bits per heavy atom. The van der Waals surface area contributed by atoms with E-state index in [1.54, 1.807) is 12.1 Å². The topological polar surface area (TPSA) is 103 Å². The molecule has 0 unspecified atom stereocenters. The van der Waals surface area contributed by atoms with Crippen LogP contribution in [0.25, 0.3) is 0 Å². The van der Waals surface area contributed by atoms with Crippen molar-refractivity contribution >= 4 is 10.0 Å². The molecule has 0 spiro atoms. The second kappa shape index (κ2) is 7.53. The molecule has 0 aliphatic carbocycles. The molecule has 9 heteroatoms. The van der Waals surface area contributed by atoms with Crippen molar-refractivity contribution in [2.75, 3.05) is 26.2 Å². The lowest BCUT2D eigenvalue weighted by molar-refractivity contribution is 0.167. The second-order valence-electron chi connectivity index (χ2n) is 6.48. The van der Waals surface area contributed by atoms with Crippen molar-refractivity contribution in [3.8, 4) is 6.07 Å². The normalized spacial score (nSPS) is 16.7. The van der Waals surface area contributed by atoms with Gasteiger partial charge in [-0.25, -0.2) is 8.42 Å². The van der Waals surface area contributed by atoms with Gasteiger partial charge in [0.1, 0.15) is 6.07 Å². The fourth-order valence-corrected chi connectivity index (χ4v) is 4.37. The van der Waals surface area contributed by atoms with Crippen molar-refractivity contribution in [3.05, 3.63) is 41.6 Å². The maximum Gasteiger partial charge on any atom is 0.244 e. The lowest BCUT2D eigenvalue weighted by Crippen LogP contribution is -2.48. The number of hydrogen-bond acceptors (Lipinski definition) is 7. The van der Waals surface area contributed by atoms with E-state index in [0.29, 0.717) is 44.5 Å². The van der Waals surface area contributed by atoms with Crippen molar-refractivity contribution < 1.29 is 12.8 Å². The highest BCUT2D eigenvalue weighted by Crippen LogP contribution is 2.21. The summed E-state index contributed by atoms with van der Waals surface area (Å²) in [7, 11) is -3.68. The third-order valence-corrected chi connectivity index (χ3v) is 6.25. The van der Waals surface area contributed by atoms with Crippen LogP contribution in [0.4, 0.5) is 0 Å². The molecule has 0 amide bonds. The van der Waals surface area contributed by atoms with Crippen LogP contribution >= 0.6 is 0 Å². The van der Waals surface area contributed by atoms with Gasteiger partial charge in [-0.2, -0.15) is 9.57 Å². The first kappa shape index (κ1) is 18.5. The van der Waals surface area contributed by atoms with E-state index in [0.717, 1.165) is 0 Å². The number of benzene rings is 1. The summed E-state index contributed by atoms with van der Waals surface area (Å²) in [6.07, 6.45) is 0. The van der Waals surface area contributed by atoms with Gasteiger partial charge in [0.15, 0.2) is 0 Å². The van der Waals surface area contributed by atoms with Gasteiger partial charge < -0.3 is 4.42 Å². The summed E-state index contributed by atoms with van der Waals surface area (Å²) in [5.74, 6) is 1.33. The van der Waals surface area contributed by atoms with Crippen molar-refractivity contribution in [1.82, 2.24) is 19.4 Å². The molecular weight excluding hydrogens is 354 g/mol. The highest BCUT2D eigenvalue weighted by Gasteiger charge is 2.30. The highest BCUT2D eigenvalue weighted by atomic mass is 32.2. The Morgan fingerprint density at radius 3 is 2.50 bits per heavy atom. The summed E-state index contributed by atoms with van der Waals surface area (Å²) in [6.45, 7) is 6.31. The van der Waals surface area contributed by atoms with Gasteiger partial charge in [0.2, 0.25) is 21.8 Å². The molecule has 1 saturated heterocycles. The van der Waals surface area contributed by atoms with Crippen LogP contribution in [0.3, 0.4) is 0 Å². The minimum Gasteiger partial charge on any atom is -0.424 e. The van der Waals surface area contributed by atoms with E-state index in [1.807, 2.05) is 19.9 Å². The largest absolute Gasteiger partial charge is 0.424 e. The maximum absolute atomic E-state index is 12.8. The molecule has 1 aliphatic heterocycles. The molecule has 2 heterocycles. The van der Waals surface area contributed by atoms with Crippen LogP contribution in [0.1, 0.15) is 37.1 Å². The van der Waals surface area contributed by atoms with Gasteiger partial charge in [0, 0.05) is 32.1 Å². The molecule has 0 bridgehead atoms. The summed E-state index contributed by atoms with van der Waals surface area (Å²) in [5.41, 5.74) is 0.169. The van der Waals surface area contributed by atoms with E-state index >= 15 is 0 Å². The van der Waals surface area contributed by atoms with Gasteiger partial charge in [-0.05, 0) is 12.1 Å². The minimum atomic E-state index is -3.68. The molecule has 138 valence electrons. The first-order valence-electron chi connectivity index (χ1n) is 8.45. The van der Waals surface area contributed by atoms with Crippen molar-refractivity contribution in [1.29, 1.82) is 5.26 Å². The van der Waals surface area contributed by atoms with Gasteiger partial charge in [-0.1, -0.05) is 26.0 Å². The molecule has 0 N–H and O–H groups in total. The quantitative estimate of drug-likeness (QED) is 0.781. The molecular formula is C17H21N5O3S. The molecule has 1 aliphatic rings. The molecule has 0 atom stereocenters. The Kier molecular flexibility index (Phi) is 5.36. The molecule has 0 radical (unpaired) electrons. The number of piperazine rings is 1. The smallest absolute Gasteiger partial charge is 0.244 e. The van der Waals surface area contributed by atoms with Crippen LogP contribution in [-0.2, 0) is 16.6 Å². The molecule has 1 aromatic heterocycles. The highest BCUT2D eigenvalue weighted by molar-refractivity contribution is 7.89. The summed E-state index contributed by atoms with van der Waals surface area (Å²) in [6, 6.07) is 8.24. The summed E-state index contributed by atoms with van der Waals surface area (Å²) in [4.78, 5) is 2.15. The van der Waals surface area contributed by atoms with Gasteiger partial charge in [-0.3, -0.25) is 4.90 Å². The maximum atomic E-state index is 12.8. The number of nitrogens with zero attached hydrogens (tertiary/aromatic N) is 5. The number of sulfonamides is 1. The van der Waals surface area contributed by atoms with Crippen molar-refractivity contribution in [3.63, 3.8) is 0 Å².